The molecule has 4 rings (SSSR count). The van der Waals surface area contributed by atoms with Gasteiger partial charge in [0, 0.05) is 31.8 Å². The van der Waals surface area contributed by atoms with Gasteiger partial charge in [0.1, 0.15) is 11.6 Å². The average molecular weight is 427 g/mol. The van der Waals surface area contributed by atoms with Gasteiger partial charge in [0.15, 0.2) is 0 Å². The van der Waals surface area contributed by atoms with Crippen molar-refractivity contribution in [3.63, 3.8) is 0 Å². The number of nitrogens with one attached hydrogen (secondary N) is 1. The minimum Gasteiger partial charge on any atom is -0.345 e. The van der Waals surface area contributed by atoms with Gasteiger partial charge in [-0.1, -0.05) is 25.8 Å². The van der Waals surface area contributed by atoms with E-state index in [-0.39, 0.29) is 22.6 Å². The van der Waals surface area contributed by atoms with Crippen molar-refractivity contribution in [2.45, 2.75) is 38.6 Å². The largest absolute Gasteiger partial charge is 0.345 e. The number of rotatable bonds is 4. The standard InChI is InChI=1S/C24H28F2N4O/c1-13-4-6-14(7-5-13)23(27)22-20(15-8-9-18-19(10-15)29-12-28-18)16(25)11-17(26)21(22)24(31)30(2)3/h8-14,23H,4-7,27H2,1-3H3,(H,28,29)/t13?,14?,23-/m0/s1. The van der Waals surface area contributed by atoms with E-state index in [0.717, 1.165) is 42.8 Å². The first kappa shape index (κ1) is 21.4. The molecule has 1 fully saturated rings. The highest BCUT2D eigenvalue weighted by Gasteiger charge is 2.33. The summed E-state index contributed by atoms with van der Waals surface area (Å²) < 4.78 is 30.4. The zero-order chi connectivity index (χ0) is 22.3. The minimum atomic E-state index is -0.878. The number of imidazole rings is 1. The van der Waals surface area contributed by atoms with Crippen LogP contribution >= 0.6 is 0 Å². The molecule has 0 radical (unpaired) electrons. The molecular weight excluding hydrogens is 398 g/mol. The van der Waals surface area contributed by atoms with Crippen LogP contribution in [0, 0.1) is 23.5 Å². The third kappa shape index (κ3) is 3.94. The quantitative estimate of drug-likeness (QED) is 0.614. The van der Waals surface area contributed by atoms with Crippen LogP contribution in [0.2, 0.25) is 0 Å². The first-order chi connectivity index (χ1) is 14.8. The molecule has 0 saturated heterocycles. The zero-order valence-corrected chi connectivity index (χ0v) is 18.1. The van der Waals surface area contributed by atoms with Crippen LogP contribution < -0.4 is 5.73 Å². The summed E-state index contributed by atoms with van der Waals surface area (Å²) in [7, 11) is 3.11. The Hall–Kier alpha value is -2.80. The molecule has 2 aromatic carbocycles. The number of halogens is 2. The molecule has 5 nitrogen and oxygen atoms in total. The summed E-state index contributed by atoms with van der Waals surface area (Å²) >= 11 is 0. The molecule has 1 aliphatic carbocycles. The highest BCUT2D eigenvalue weighted by molar-refractivity contribution is 5.98. The van der Waals surface area contributed by atoms with E-state index in [1.807, 2.05) is 0 Å². The van der Waals surface area contributed by atoms with Crippen molar-refractivity contribution in [2.24, 2.45) is 17.6 Å². The number of nitrogens with two attached hydrogens (primary N) is 1. The lowest BCUT2D eigenvalue weighted by atomic mass is 9.75. The maximum atomic E-state index is 15.3. The molecule has 3 N–H and O–H groups in total. The third-order valence-electron chi connectivity index (χ3n) is 6.50. The summed E-state index contributed by atoms with van der Waals surface area (Å²) in [6.45, 7) is 2.20. The Kier molecular flexibility index (Phi) is 5.79. The number of aromatic nitrogens is 2. The van der Waals surface area contributed by atoms with Crippen molar-refractivity contribution in [1.82, 2.24) is 14.9 Å². The van der Waals surface area contributed by atoms with Gasteiger partial charge in [0.25, 0.3) is 5.91 Å². The Morgan fingerprint density at radius 3 is 2.55 bits per heavy atom. The first-order valence-corrected chi connectivity index (χ1v) is 10.7. The number of benzene rings is 2. The third-order valence-corrected chi connectivity index (χ3v) is 6.50. The second kappa shape index (κ2) is 8.38. The minimum absolute atomic E-state index is 0.0562. The number of hydrogen-bond donors (Lipinski definition) is 2. The lowest BCUT2D eigenvalue weighted by molar-refractivity contribution is 0.0820. The van der Waals surface area contributed by atoms with E-state index in [4.69, 9.17) is 5.73 Å². The van der Waals surface area contributed by atoms with Crippen molar-refractivity contribution < 1.29 is 13.6 Å². The van der Waals surface area contributed by atoms with Gasteiger partial charge in [-0.25, -0.2) is 13.8 Å². The summed E-state index contributed by atoms with van der Waals surface area (Å²) in [5.41, 5.74) is 9.01. The molecule has 1 saturated carbocycles. The van der Waals surface area contributed by atoms with E-state index < -0.39 is 23.6 Å². The molecule has 7 heteroatoms. The number of carbonyl (C=O) groups is 1. The van der Waals surface area contributed by atoms with E-state index in [2.05, 4.69) is 16.9 Å². The van der Waals surface area contributed by atoms with Gasteiger partial charge >= 0.3 is 0 Å². The van der Waals surface area contributed by atoms with Gasteiger partial charge in [-0.3, -0.25) is 4.79 Å². The van der Waals surface area contributed by atoms with Crippen molar-refractivity contribution >= 4 is 16.9 Å². The molecule has 0 spiro atoms. The van der Waals surface area contributed by atoms with Gasteiger partial charge in [0.05, 0.1) is 22.9 Å². The van der Waals surface area contributed by atoms with Crippen molar-refractivity contribution in [2.75, 3.05) is 14.1 Å². The maximum Gasteiger partial charge on any atom is 0.256 e. The lowest BCUT2D eigenvalue weighted by Gasteiger charge is -2.33. The summed E-state index contributed by atoms with van der Waals surface area (Å²) in [6, 6.07) is 5.42. The van der Waals surface area contributed by atoms with Gasteiger partial charge in [0.2, 0.25) is 0 Å². The number of nitrogens with zero attached hydrogens (tertiary/aromatic N) is 2. The summed E-state index contributed by atoms with van der Waals surface area (Å²) in [4.78, 5) is 21.5. The van der Waals surface area contributed by atoms with E-state index >= 15 is 8.78 Å². The zero-order valence-electron chi connectivity index (χ0n) is 18.1. The predicted octanol–water partition coefficient (Wildman–Crippen LogP) is 5.04. The highest BCUT2D eigenvalue weighted by Crippen LogP contribution is 2.42. The normalized spacial score (nSPS) is 20.1. The predicted molar refractivity (Wildman–Crippen MR) is 118 cm³/mol. The van der Waals surface area contributed by atoms with E-state index in [1.54, 1.807) is 38.6 Å². The first-order valence-electron chi connectivity index (χ1n) is 10.7. The second-order valence-electron chi connectivity index (χ2n) is 8.88. The molecule has 3 aromatic rings. The molecule has 1 aliphatic rings. The van der Waals surface area contributed by atoms with Crippen LogP contribution in [-0.2, 0) is 0 Å². The van der Waals surface area contributed by atoms with Crippen LogP contribution in [0.4, 0.5) is 8.78 Å². The fraction of sp³-hybridized carbons (Fsp3) is 0.417. The number of carbonyl (C=O) groups excluding carboxylic acids is 1. The molecule has 0 unspecified atom stereocenters. The summed E-state index contributed by atoms with van der Waals surface area (Å²) in [6.07, 6.45) is 5.33. The van der Waals surface area contributed by atoms with Crippen LogP contribution in [0.25, 0.3) is 22.2 Å². The number of aromatic amines is 1. The summed E-state index contributed by atoms with van der Waals surface area (Å²) in [5.74, 6) is -1.45. The number of H-pyrrole nitrogens is 1. The van der Waals surface area contributed by atoms with Gasteiger partial charge in [-0.15, -0.1) is 0 Å². The SMILES string of the molecule is CC1CCC([C@H](N)c2c(C(=O)N(C)C)c(F)cc(F)c2-c2ccc3nc[nH]c3c2)CC1. The van der Waals surface area contributed by atoms with Crippen molar-refractivity contribution in [3.05, 3.63) is 53.4 Å². The van der Waals surface area contributed by atoms with E-state index in [9.17, 15) is 4.79 Å². The van der Waals surface area contributed by atoms with Crippen LogP contribution in [0.1, 0.15) is 54.6 Å². The van der Waals surface area contributed by atoms with E-state index in [1.165, 1.54) is 4.90 Å². The Morgan fingerprint density at radius 1 is 1.16 bits per heavy atom. The van der Waals surface area contributed by atoms with Gasteiger partial charge in [-0.2, -0.15) is 0 Å². The van der Waals surface area contributed by atoms with Crippen molar-refractivity contribution in [1.29, 1.82) is 0 Å². The molecule has 1 atom stereocenters. The number of amides is 1. The van der Waals surface area contributed by atoms with Crippen molar-refractivity contribution in [3.8, 4) is 11.1 Å². The van der Waals surface area contributed by atoms with Crippen LogP contribution in [0.5, 0.6) is 0 Å². The molecule has 1 amide bonds. The van der Waals surface area contributed by atoms with E-state index in [0.29, 0.717) is 11.5 Å². The van der Waals surface area contributed by atoms with Crippen LogP contribution in [-0.4, -0.2) is 34.9 Å². The second-order valence-corrected chi connectivity index (χ2v) is 8.88. The Labute approximate surface area is 180 Å². The topological polar surface area (TPSA) is 75.0 Å². The van der Waals surface area contributed by atoms with Crippen LogP contribution in [0.3, 0.4) is 0 Å². The number of fused-ring (bicyclic) bond motifs is 1. The molecule has 1 aromatic heterocycles. The fourth-order valence-corrected chi connectivity index (χ4v) is 4.68. The Bertz CT molecular complexity index is 1120. The molecule has 164 valence electrons. The maximum absolute atomic E-state index is 15.3. The van der Waals surface area contributed by atoms with Gasteiger partial charge < -0.3 is 15.6 Å². The molecule has 0 aliphatic heterocycles. The number of hydrogen-bond acceptors (Lipinski definition) is 3. The van der Waals surface area contributed by atoms with Crippen LogP contribution in [0.15, 0.2) is 30.6 Å². The smallest absolute Gasteiger partial charge is 0.256 e. The Balaban J connectivity index is 1.94. The molecule has 0 bridgehead atoms. The highest BCUT2D eigenvalue weighted by atomic mass is 19.1. The van der Waals surface area contributed by atoms with Gasteiger partial charge in [-0.05, 0) is 47.9 Å². The monoisotopic (exact) mass is 426 g/mol. The molecule has 1 heterocycles. The molecular formula is C24H28F2N4O. The fourth-order valence-electron chi connectivity index (χ4n) is 4.68. The molecule has 31 heavy (non-hydrogen) atoms. The Morgan fingerprint density at radius 2 is 1.87 bits per heavy atom. The average Bonchev–Trinajstić information content (AvgIpc) is 3.20. The summed E-state index contributed by atoms with van der Waals surface area (Å²) in [5, 5.41) is 0. The lowest BCUT2D eigenvalue weighted by Crippen LogP contribution is -2.31.